The van der Waals surface area contributed by atoms with Crippen LogP contribution in [0.3, 0.4) is 0 Å². The van der Waals surface area contributed by atoms with Gasteiger partial charge >= 0.3 is 0 Å². The number of carbonyl (C=O) groups is 1. The summed E-state index contributed by atoms with van der Waals surface area (Å²) in [6, 6.07) is 6.69. The Kier molecular flexibility index (Phi) is 7.05. The van der Waals surface area contributed by atoms with Crippen LogP contribution in [0, 0.1) is 0 Å². The number of thiazole rings is 1. The van der Waals surface area contributed by atoms with Gasteiger partial charge in [-0.3, -0.25) is 10.1 Å². The lowest BCUT2D eigenvalue weighted by Crippen LogP contribution is -2.30. The fourth-order valence-corrected chi connectivity index (χ4v) is 5.57. The van der Waals surface area contributed by atoms with Crippen molar-refractivity contribution in [1.82, 2.24) is 13.9 Å². The number of halogens is 1. The van der Waals surface area contributed by atoms with E-state index in [0.717, 1.165) is 5.56 Å². The molecule has 0 spiro atoms. The molecule has 3 rings (SSSR count). The van der Waals surface area contributed by atoms with Crippen molar-refractivity contribution in [2.24, 2.45) is 7.05 Å². The highest BCUT2D eigenvalue weighted by Gasteiger charge is 2.25. The molecule has 166 valence electrons. The minimum absolute atomic E-state index is 0.0801. The number of ether oxygens (including phenoxy) is 1. The van der Waals surface area contributed by atoms with E-state index in [0.29, 0.717) is 34.7 Å². The van der Waals surface area contributed by atoms with Gasteiger partial charge in [0.2, 0.25) is 10.0 Å². The van der Waals surface area contributed by atoms with Crippen LogP contribution in [0.5, 0.6) is 5.75 Å². The Morgan fingerprint density at radius 1 is 1.29 bits per heavy atom. The number of carbonyl (C=O) groups excluding carboxylic acids is 1. The number of aromatic nitrogens is 2. The second-order valence-electron chi connectivity index (χ2n) is 6.60. The summed E-state index contributed by atoms with van der Waals surface area (Å²) in [5.41, 5.74) is 1.66. The Morgan fingerprint density at radius 3 is 2.61 bits per heavy atom. The van der Waals surface area contributed by atoms with Crippen LogP contribution in [0.4, 0.5) is 5.13 Å². The van der Waals surface area contributed by atoms with Crippen LogP contribution < -0.4 is 10.1 Å². The monoisotopic (exact) mass is 482 g/mol. The molecule has 1 aromatic carbocycles. The van der Waals surface area contributed by atoms with E-state index in [4.69, 9.17) is 16.3 Å². The minimum atomic E-state index is -3.65. The Hall–Kier alpha value is -2.40. The van der Waals surface area contributed by atoms with Crippen LogP contribution in [0.25, 0.3) is 11.3 Å². The third-order valence-electron chi connectivity index (χ3n) is 4.73. The molecule has 0 fully saturated rings. The van der Waals surface area contributed by atoms with Crippen molar-refractivity contribution in [3.05, 3.63) is 46.6 Å². The van der Waals surface area contributed by atoms with Crippen molar-refractivity contribution in [2.75, 3.05) is 25.5 Å². The molecule has 0 bridgehead atoms. The lowest BCUT2D eigenvalue weighted by Gasteiger charge is -2.17. The van der Waals surface area contributed by atoms with Gasteiger partial charge < -0.3 is 9.30 Å². The van der Waals surface area contributed by atoms with E-state index in [1.807, 2.05) is 6.07 Å². The fraction of sp³-hybridized carbons (Fsp3) is 0.300. The molecular weight excluding hydrogens is 460 g/mol. The number of aryl methyl sites for hydroxylation is 1. The Morgan fingerprint density at radius 2 is 2.00 bits per heavy atom. The van der Waals surface area contributed by atoms with Crippen molar-refractivity contribution in [3.63, 3.8) is 0 Å². The molecule has 8 nitrogen and oxygen atoms in total. The first-order valence-corrected chi connectivity index (χ1v) is 12.2. The highest BCUT2D eigenvalue weighted by Crippen LogP contribution is 2.32. The van der Waals surface area contributed by atoms with Crippen LogP contribution in [0.2, 0.25) is 5.02 Å². The zero-order valence-electron chi connectivity index (χ0n) is 17.5. The molecule has 0 aliphatic carbocycles. The normalized spacial score (nSPS) is 11.7. The number of rotatable bonds is 8. The molecule has 11 heteroatoms. The van der Waals surface area contributed by atoms with Crippen molar-refractivity contribution in [3.8, 4) is 17.0 Å². The Bertz CT molecular complexity index is 1200. The van der Waals surface area contributed by atoms with Gasteiger partial charge in [0.25, 0.3) is 5.91 Å². The predicted molar refractivity (Wildman–Crippen MR) is 123 cm³/mol. The van der Waals surface area contributed by atoms with Gasteiger partial charge in [0, 0.05) is 37.3 Å². The molecule has 0 saturated carbocycles. The lowest BCUT2D eigenvalue weighted by atomic mass is 10.2. The van der Waals surface area contributed by atoms with Gasteiger partial charge in [-0.1, -0.05) is 25.4 Å². The summed E-state index contributed by atoms with van der Waals surface area (Å²) in [4.78, 5) is 17.3. The number of amides is 1. The van der Waals surface area contributed by atoms with Gasteiger partial charge in [-0.25, -0.2) is 13.4 Å². The summed E-state index contributed by atoms with van der Waals surface area (Å²) in [6.07, 6.45) is 1.44. The first-order valence-electron chi connectivity index (χ1n) is 9.48. The summed E-state index contributed by atoms with van der Waals surface area (Å²) < 4.78 is 33.4. The summed E-state index contributed by atoms with van der Waals surface area (Å²) >= 11 is 7.44. The van der Waals surface area contributed by atoms with E-state index in [-0.39, 0.29) is 10.6 Å². The number of methoxy groups -OCH3 is 1. The molecule has 1 N–H and O–H groups in total. The maximum atomic E-state index is 12.8. The molecule has 0 radical (unpaired) electrons. The number of sulfonamides is 1. The molecule has 2 aromatic heterocycles. The van der Waals surface area contributed by atoms with Crippen LogP contribution in [0.15, 0.2) is 40.7 Å². The van der Waals surface area contributed by atoms with Gasteiger partial charge in [-0.15, -0.1) is 11.3 Å². The van der Waals surface area contributed by atoms with Crippen LogP contribution >= 0.6 is 22.9 Å². The second-order valence-corrected chi connectivity index (χ2v) is 9.81. The van der Waals surface area contributed by atoms with Crippen molar-refractivity contribution in [2.45, 2.75) is 18.7 Å². The summed E-state index contributed by atoms with van der Waals surface area (Å²) in [5, 5.41) is 5.38. The topological polar surface area (TPSA) is 93.5 Å². The molecular formula is C20H23ClN4O4S2. The standard InChI is InChI=1S/C20H23ClN4O4S2/c1-5-25(6-2)31(27,28)14-10-17(24(3)11-14)19(26)23-20-22-16(12-30-20)13-7-8-18(29-4)15(21)9-13/h7-12H,5-6H2,1-4H3,(H,22,23,26). The van der Waals surface area contributed by atoms with Crippen LogP contribution in [-0.2, 0) is 17.1 Å². The van der Waals surface area contributed by atoms with Crippen LogP contribution in [-0.4, -0.2) is 48.4 Å². The van der Waals surface area contributed by atoms with Gasteiger partial charge in [0.15, 0.2) is 5.13 Å². The van der Waals surface area contributed by atoms with Gasteiger partial charge in [0.05, 0.1) is 17.8 Å². The highest BCUT2D eigenvalue weighted by molar-refractivity contribution is 7.89. The van der Waals surface area contributed by atoms with E-state index in [1.54, 1.807) is 45.5 Å². The predicted octanol–water partition coefficient (Wildman–Crippen LogP) is 4.09. The molecule has 31 heavy (non-hydrogen) atoms. The maximum absolute atomic E-state index is 12.8. The molecule has 2 heterocycles. The third kappa shape index (κ3) is 4.77. The first kappa shape index (κ1) is 23.3. The smallest absolute Gasteiger partial charge is 0.274 e. The average molecular weight is 483 g/mol. The van der Waals surface area contributed by atoms with Gasteiger partial charge in [-0.2, -0.15) is 4.31 Å². The molecule has 0 saturated heterocycles. The lowest BCUT2D eigenvalue weighted by molar-refractivity contribution is 0.101. The molecule has 1 amide bonds. The van der Waals surface area contributed by atoms with Gasteiger partial charge in [0.1, 0.15) is 16.3 Å². The number of nitrogens with one attached hydrogen (secondary N) is 1. The van der Waals surface area contributed by atoms with E-state index in [1.165, 1.54) is 32.5 Å². The minimum Gasteiger partial charge on any atom is -0.495 e. The van der Waals surface area contributed by atoms with E-state index >= 15 is 0 Å². The van der Waals surface area contributed by atoms with Gasteiger partial charge in [-0.05, 0) is 24.3 Å². The SMILES string of the molecule is CCN(CC)S(=O)(=O)c1cc(C(=O)Nc2nc(-c3ccc(OC)c(Cl)c3)cs2)n(C)c1. The molecule has 3 aromatic rings. The number of benzene rings is 1. The molecule has 0 atom stereocenters. The van der Waals surface area contributed by atoms with Crippen LogP contribution in [0.1, 0.15) is 24.3 Å². The average Bonchev–Trinajstić information content (AvgIpc) is 3.35. The maximum Gasteiger partial charge on any atom is 0.274 e. The van der Waals surface area contributed by atoms with E-state index in [9.17, 15) is 13.2 Å². The molecule has 0 aliphatic heterocycles. The quantitative estimate of drug-likeness (QED) is 0.521. The zero-order chi connectivity index (χ0) is 22.8. The van der Waals surface area contributed by atoms with E-state index in [2.05, 4.69) is 10.3 Å². The fourth-order valence-electron chi connectivity index (χ4n) is 3.06. The summed E-state index contributed by atoms with van der Waals surface area (Å²) in [6.45, 7) is 4.25. The number of hydrogen-bond donors (Lipinski definition) is 1. The first-order chi connectivity index (χ1) is 14.7. The second kappa shape index (κ2) is 9.39. The van der Waals surface area contributed by atoms with Crippen molar-refractivity contribution in [1.29, 1.82) is 0 Å². The van der Waals surface area contributed by atoms with Crippen molar-refractivity contribution < 1.29 is 17.9 Å². The highest BCUT2D eigenvalue weighted by atomic mass is 35.5. The van der Waals surface area contributed by atoms with Crippen molar-refractivity contribution >= 4 is 44.0 Å². The van der Waals surface area contributed by atoms with E-state index < -0.39 is 15.9 Å². The molecule has 0 aliphatic rings. The number of anilines is 1. The number of nitrogens with zero attached hydrogens (tertiary/aromatic N) is 3. The number of hydrogen-bond acceptors (Lipinski definition) is 6. The molecule has 0 unspecified atom stereocenters. The third-order valence-corrected chi connectivity index (χ3v) is 7.80. The zero-order valence-corrected chi connectivity index (χ0v) is 19.9. The summed E-state index contributed by atoms with van der Waals surface area (Å²) in [5.74, 6) is 0.116. The summed E-state index contributed by atoms with van der Waals surface area (Å²) in [7, 11) is -0.485. The Labute approximate surface area is 190 Å². The Balaban J connectivity index is 1.80. The largest absolute Gasteiger partial charge is 0.495 e.